The molecule has 0 saturated carbocycles. The Bertz CT molecular complexity index is 502. The maximum Gasteiger partial charge on any atom is 0.420 e. The number of nitrogens with one attached hydrogen (secondary N) is 1. The lowest BCUT2D eigenvalue weighted by Gasteiger charge is -2.29. The van der Waals surface area contributed by atoms with Crippen molar-refractivity contribution in [2.24, 2.45) is 5.92 Å². The average Bonchev–Trinajstić information content (AvgIpc) is 2.44. The van der Waals surface area contributed by atoms with Crippen LogP contribution in [0.5, 0.6) is 11.5 Å². The summed E-state index contributed by atoms with van der Waals surface area (Å²) in [7, 11) is 2.65. The van der Waals surface area contributed by atoms with Crippen molar-refractivity contribution in [3.63, 3.8) is 0 Å². The summed E-state index contributed by atoms with van der Waals surface area (Å²) in [4.78, 5) is 0. The molecule has 1 fully saturated rings. The molecule has 1 heterocycles. The third kappa shape index (κ3) is 3.43. The van der Waals surface area contributed by atoms with Crippen molar-refractivity contribution in [3.8, 4) is 11.5 Å². The predicted molar refractivity (Wildman–Crippen MR) is 73.9 cm³/mol. The number of hydrogen-bond acceptors (Lipinski definition) is 3. The highest BCUT2D eigenvalue weighted by atomic mass is 19.4. The standard InChI is InChI=1S/C15H20F3NO2/c1-9-4-10(8-19-7-9)11-5-14(21-3)12(15(16,17)18)6-13(11)20-2/h5-6,9-10,19H,4,7-8H2,1-3H3. The Balaban J connectivity index is 2.46. The van der Waals surface area contributed by atoms with Gasteiger partial charge in [-0.05, 0) is 31.0 Å². The third-order valence-corrected chi connectivity index (χ3v) is 3.87. The molecule has 0 aliphatic carbocycles. The number of alkyl halides is 3. The van der Waals surface area contributed by atoms with Crippen LogP contribution in [0, 0.1) is 5.92 Å². The molecule has 0 aromatic heterocycles. The Hall–Kier alpha value is -1.43. The second-order valence-electron chi connectivity index (χ2n) is 5.49. The molecule has 21 heavy (non-hydrogen) atoms. The van der Waals surface area contributed by atoms with Crippen molar-refractivity contribution in [1.82, 2.24) is 5.32 Å². The molecule has 1 aliphatic heterocycles. The second kappa shape index (κ2) is 6.13. The van der Waals surface area contributed by atoms with Crippen LogP contribution in [-0.2, 0) is 6.18 Å². The minimum atomic E-state index is -4.46. The number of rotatable bonds is 3. The number of methoxy groups -OCH3 is 2. The van der Waals surface area contributed by atoms with Crippen molar-refractivity contribution in [1.29, 1.82) is 0 Å². The highest BCUT2D eigenvalue weighted by molar-refractivity contribution is 5.49. The Kier molecular flexibility index (Phi) is 4.66. The smallest absolute Gasteiger partial charge is 0.420 e. The largest absolute Gasteiger partial charge is 0.496 e. The first kappa shape index (κ1) is 15.9. The van der Waals surface area contributed by atoms with Gasteiger partial charge >= 0.3 is 6.18 Å². The SMILES string of the molecule is COc1cc(C(F)(F)F)c(OC)cc1C1CNCC(C)C1. The van der Waals surface area contributed by atoms with E-state index < -0.39 is 11.7 Å². The Morgan fingerprint density at radius 3 is 2.29 bits per heavy atom. The van der Waals surface area contributed by atoms with Crippen LogP contribution in [0.4, 0.5) is 13.2 Å². The van der Waals surface area contributed by atoms with Gasteiger partial charge in [-0.25, -0.2) is 0 Å². The lowest BCUT2D eigenvalue weighted by molar-refractivity contribution is -0.138. The van der Waals surface area contributed by atoms with Crippen LogP contribution >= 0.6 is 0 Å². The molecule has 1 aromatic rings. The van der Waals surface area contributed by atoms with Crippen molar-refractivity contribution in [2.75, 3.05) is 27.3 Å². The zero-order valence-corrected chi connectivity index (χ0v) is 12.4. The van der Waals surface area contributed by atoms with Crippen LogP contribution in [0.25, 0.3) is 0 Å². The van der Waals surface area contributed by atoms with Gasteiger partial charge in [0, 0.05) is 18.0 Å². The number of piperidine rings is 1. The minimum Gasteiger partial charge on any atom is -0.496 e. The molecule has 0 radical (unpaired) electrons. The number of ether oxygens (including phenoxy) is 2. The van der Waals surface area contributed by atoms with Gasteiger partial charge in [-0.15, -0.1) is 0 Å². The van der Waals surface area contributed by atoms with Gasteiger partial charge in [0.15, 0.2) is 0 Å². The molecular weight excluding hydrogens is 283 g/mol. The Labute approximate surface area is 122 Å². The second-order valence-corrected chi connectivity index (χ2v) is 5.49. The molecule has 2 unspecified atom stereocenters. The summed E-state index contributed by atoms with van der Waals surface area (Å²) in [5, 5.41) is 3.30. The van der Waals surface area contributed by atoms with E-state index in [-0.39, 0.29) is 17.4 Å². The van der Waals surface area contributed by atoms with Gasteiger partial charge in [0.1, 0.15) is 17.1 Å². The highest BCUT2D eigenvalue weighted by Gasteiger charge is 2.36. The quantitative estimate of drug-likeness (QED) is 0.928. The molecule has 3 nitrogen and oxygen atoms in total. The van der Waals surface area contributed by atoms with Crippen molar-refractivity contribution in [2.45, 2.75) is 25.4 Å². The first-order valence-electron chi connectivity index (χ1n) is 6.90. The van der Waals surface area contributed by atoms with Gasteiger partial charge in [0.25, 0.3) is 0 Å². The fraction of sp³-hybridized carbons (Fsp3) is 0.600. The summed E-state index contributed by atoms with van der Waals surface area (Å²) in [6, 6.07) is 2.50. The van der Waals surface area contributed by atoms with E-state index in [9.17, 15) is 13.2 Å². The molecule has 1 aliphatic rings. The van der Waals surface area contributed by atoms with Crippen LogP contribution < -0.4 is 14.8 Å². The lowest BCUT2D eigenvalue weighted by Crippen LogP contribution is -2.34. The van der Waals surface area contributed by atoms with E-state index in [0.717, 1.165) is 31.1 Å². The number of hydrogen-bond donors (Lipinski definition) is 1. The molecule has 1 N–H and O–H groups in total. The normalized spacial score (nSPS) is 23.0. The van der Waals surface area contributed by atoms with E-state index >= 15 is 0 Å². The summed E-state index contributed by atoms with van der Waals surface area (Å²) in [6.45, 7) is 3.78. The molecule has 1 saturated heterocycles. The predicted octanol–water partition coefficient (Wildman–Crippen LogP) is 3.44. The first-order valence-corrected chi connectivity index (χ1v) is 6.90. The molecule has 0 spiro atoms. The topological polar surface area (TPSA) is 30.5 Å². The molecule has 2 rings (SSSR count). The van der Waals surface area contributed by atoms with Crippen LogP contribution in [0.15, 0.2) is 12.1 Å². The monoisotopic (exact) mass is 303 g/mol. The van der Waals surface area contributed by atoms with E-state index in [2.05, 4.69) is 12.2 Å². The van der Waals surface area contributed by atoms with Gasteiger partial charge in [0.2, 0.25) is 0 Å². The van der Waals surface area contributed by atoms with E-state index in [0.29, 0.717) is 5.92 Å². The molecule has 2 atom stereocenters. The molecule has 6 heteroatoms. The van der Waals surface area contributed by atoms with E-state index in [4.69, 9.17) is 9.47 Å². The fourth-order valence-electron chi connectivity index (χ4n) is 2.86. The van der Waals surface area contributed by atoms with Crippen molar-refractivity contribution < 1.29 is 22.6 Å². The third-order valence-electron chi connectivity index (χ3n) is 3.87. The zero-order valence-electron chi connectivity index (χ0n) is 12.4. The maximum atomic E-state index is 13.0. The van der Waals surface area contributed by atoms with Gasteiger partial charge in [-0.2, -0.15) is 13.2 Å². The average molecular weight is 303 g/mol. The lowest BCUT2D eigenvalue weighted by atomic mass is 9.85. The van der Waals surface area contributed by atoms with E-state index in [1.54, 1.807) is 0 Å². The molecule has 0 amide bonds. The van der Waals surface area contributed by atoms with Crippen molar-refractivity contribution in [3.05, 3.63) is 23.3 Å². The van der Waals surface area contributed by atoms with Crippen molar-refractivity contribution >= 4 is 0 Å². The highest BCUT2D eigenvalue weighted by Crippen LogP contribution is 2.43. The van der Waals surface area contributed by atoms with Crippen LogP contribution in [0.2, 0.25) is 0 Å². The minimum absolute atomic E-state index is 0.125. The van der Waals surface area contributed by atoms with E-state index in [1.807, 2.05) is 0 Å². The number of halogens is 3. The van der Waals surface area contributed by atoms with E-state index in [1.165, 1.54) is 20.3 Å². The molecular formula is C15H20F3NO2. The summed E-state index contributed by atoms with van der Waals surface area (Å²) in [5.74, 6) is 0.710. The van der Waals surface area contributed by atoms with Crippen LogP contribution in [0.3, 0.4) is 0 Å². The summed E-state index contributed by atoms with van der Waals surface area (Å²) in [6.07, 6.45) is -3.55. The maximum absolute atomic E-state index is 13.0. The summed E-state index contributed by atoms with van der Waals surface area (Å²) in [5.41, 5.74) is -0.0381. The van der Waals surface area contributed by atoms with Gasteiger partial charge < -0.3 is 14.8 Å². The summed E-state index contributed by atoms with van der Waals surface area (Å²) >= 11 is 0. The Morgan fingerprint density at radius 2 is 1.76 bits per heavy atom. The van der Waals surface area contributed by atoms with Crippen LogP contribution in [0.1, 0.15) is 30.4 Å². The van der Waals surface area contributed by atoms with Gasteiger partial charge in [0.05, 0.1) is 14.2 Å². The molecule has 1 aromatic carbocycles. The van der Waals surface area contributed by atoms with Gasteiger partial charge in [-0.3, -0.25) is 0 Å². The van der Waals surface area contributed by atoms with Gasteiger partial charge in [-0.1, -0.05) is 6.92 Å². The molecule has 118 valence electrons. The summed E-state index contributed by atoms with van der Waals surface area (Å²) < 4.78 is 49.2. The fourth-order valence-corrected chi connectivity index (χ4v) is 2.86. The Morgan fingerprint density at radius 1 is 1.10 bits per heavy atom. The molecule has 0 bridgehead atoms. The first-order chi connectivity index (χ1) is 9.86. The zero-order chi connectivity index (χ0) is 15.6. The van der Waals surface area contributed by atoms with Crippen LogP contribution in [-0.4, -0.2) is 27.3 Å². The number of benzene rings is 1.